The minimum Gasteiger partial charge on any atom is -0.454 e. The second-order valence-electron chi connectivity index (χ2n) is 4.38. The van der Waals surface area contributed by atoms with Gasteiger partial charge in [0.15, 0.2) is 11.6 Å². The van der Waals surface area contributed by atoms with Gasteiger partial charge in [0, 0.05) is 12.1 Å². The Morgan fingerprint density at radius 3 is 2.38 bits per heavy atom. The zero-order valence-corrected chi connectivity index (χ0v) is 11.2. The van der Waals surface area contributed by atoms with E-state index in [1.54, 1.807) is 31.3 Å². The standard InChI is InChI=1S/C15H13F4NO/c1-20-9-10-4-2-3-5-13(10)21-14-7-6-11(8-12(14)16)15(17,18)19/h2-8,20H,9H2,1H3. The number of hydrogen-bond acceptors (Lipinski definition) is 2. The van der Waals surface area contributed by atoms with Crippen LogP contribution in [0.3, 0.4) is 0 Å². The molecule has 0 saturated heterocycles. The Labute approximate surface area is 119 Å². The van der Waals surface area contributed by atoms with Crippen molar-refractivity contribution in [2.75, 3.05) is 7.05 Å². The first kappa shape index (κ1) is 15.3. The summed E-state index contributed by atoms with van der Waals surface area (Å²) in [5.41, 5.74) is -0.268. The van der Waals surface area contributed by atoms with Crippen molar-refractivity contribution in [3.8, 4) is 11.5 Å². The lowest BCUT2D eigenvalue weighted by atomic mass is 10.2. The van der Waals surface area contributed by atoms with E-state index in [9.17, 15) is 17.6 Å². The van der Waals surface area contributed by atoms with Crippen molar-refractivity contribution < 1.29 is 22.3 Å². The fraction of sp³-hybridized carbons (Fsp3) is 0.200. The van der Waals surface area contributed by atoms with E-state index < -0.39 is 17.6 Å². The van der Waals surface area contributed by atoms with Crippen LogP contribution in [0.15, 0.2) is 42.5 Å². The monoisotopic (exact) mass is 299 g/mol. The summed E-state index contributed by atoms with van der Waals surface area (Å²) < 4.78 is 56.5. The van der Waals surface area contributed by atoms with Gasteiger partial charge in [0.2, 0.25) is 0 Å². The van der Waals surface area contributed by atoms with Crippen LogP contribution >= 0.6 is 0 Å². The van der Waals surface area contributed by atoms with Crippen molar-refractivity contribution in [1.29, 1.82) is 0 Å². The molecule has 0 atom stereocenters. The molecule has 0 fully saturated rings. The number of nitrogens with one attached hydrogen (secondary N) is 1. The second-order valence-corrected chi connectivity index (χ2v) is 4.38. The van der Waals surface area contributed by atoms with Crippen LogP contribution in [0.2, 0.25) is 0 Å². The minimum atomic E-state index is -4.58. The van der Waals surface area contributed by atoms with E-state index in [1.807, 2.05) is 0 Å². The molecule has 0 heterocycles. The quantitative estimate of drug-likeness (QED) is 0.847. The normalized spacial score (nSPS) is 11.5. The Hall–Kier alpha value is -2.08. The maximum Gasteiger partial charge on any atom is 0.416 e. The topological polar surface area (TPSA) is 21.3 Å². The van der Waals surface area contributed by atoms with E-state index in [1.165, 1.54) is 0 Å². The number of ether oxygens (including phenoxy) is 1. The summed E-state index contributed by atoms with van der Waals surface area (Å²) in [5, 5.41) is 2.93. The number of hydrogen-bond donors (Lipinski definition) is 1. The number of para-hydroxylation sites is 1. The largest absolute Gasteiger partial charge is 0.454 e. The highest BCUT2D eigenvalue weighted by Crippen LogP contribution is 2.34. The second kappa shape index (κ2) is 6.13. The Morgan fingerprint density at radius 2 is 1.76 bits per heavy atom. The molecule has 0 unspecified atom stereocenters. The van der Waals surface area contributed by atoms with Crippen LogP contribution < -0.4 is 10.1 Å². The summed E-state index contributed by atoms with van der Waals surface area (Å²) >= 11 is 0. The minimum absolute atomic E-state index is 0.244. The van der Waals surface area contributed by atoms with Crippen molar-refractivity contribution in [3.63, 3.8) is 0 Å². The van der Waals surface area contributed by atoms with E-state index in [0.717, 1.165) is 17.7 Å². The predicted molar refractivity (Wildman–Crippen MR) is 70.7 cm³/mol. The molecule has 0 aliphatic heterocycles. The lowest BCUT2D eigenvalue weighted by Crippen LogP contribution is -2.07. The first-order valence-electron chi connectivity index (χ1n) is 6.19. The molecule has 0 amide bonds. The summed E-state index contributed by atoms with van der Waals surface area (Å²) in [6, 6.07) is 9.11. The fourth-order valence-corrected chi connectivity index (χ4v) is 1.82. The summed E-state index contributed by atoms with van der Waals surface area (Å²) in [6.45, 7) is 0.498. The first-order valence-corrected chi connectivity index (χ1v) is 6.19. The zero-order valence-electron chi connectivity index (χ0n) is 11.2. The van der Waals surface area contributed by atoms with Gasteiger partial charge in [0.25, 0.3) is 0 Å². The lowest BCUT2D eigenvalue weighted by Gasteiger charge is -2.13. The van der Waals surface area contributed by atoms with Crippen LogP contribution in [-0.4, -0.2) is 7.05 Å². The summed E-state index contributed by atoms with van der Waals surface area (Å²) in [5.74, 6) is -0.902. The van der Waals surface area contributed by atoms with Gasteiger partial charge in [0.1, 0.15) is 5.75 Å². The Morgan fingerprint density at radius 1 is 1.05 bits per heavy atom. The summed E-state index contributed by atoms with van der Waals surface area (Å²) in [6.07, 6.45) is -4.58. The van der Waals surface area contributed by atoms with Gasteiger partial charge in [-0.3, -0.25) is 0 Å². The zero-order chi connectivity index (χ0) is 15.5. The summed E-state index contributed by atoms with van der Waals surface area (Å²) in [4.78, 5) is 0. The van der Waals surface area contributed by atoms with E-state index in [2.05, 4.69) is 5.32 Å². The highest BCUT2D eigenvalue weighted by Gasteiger charge is 2.31. The van der Waals surface area contributed by atoms with Gasteiger partial charge in [-0.1, -0.05) is 18.2 Å². The Bertz CT molecular complexity index is 625. The van der Waals surface area contributed by atoms with Gasteiger partial charge in [-0.2, -0.15) is 13.2 Å². The molecule has 0 aliphatic carbocycles. The third-order valence-electron chi connectivity index (χ3n) is 2.82. The van der Waals surface area contributed by atoms with Crippen LogP contribution in [0, 0.1) is 5.82 Å². The highest BCUT2D eigenvalue weighted by molar-refractivity contribution is 5.39. The van der Waals surface area contributed by atoms with Crippen molar-refractivity contribution >= 4 is 0 Å². The number of benzene rings is 2. The summed E-state index contributed by atoms with van der Waals surface area (Å²) in [7, 11) is 1.75. The third kappa shape index (κ3) is 3.72. The van der Waals surface area contributed by atoms with Gasteiger partial charge < -0.3 is 10.1 Å². The van der Waals surface area contributed by atoms with Crippen molar-refractivity contribution in [2.24, 2.45) is 0 Å². The molecule has 0 bridgehead atoms. The molecule has 2 nitrogen and oxygen atoms in total. The van der Waals surface area contributed by atoms with Gasteiger partial charge in [-0.05, 0) is 31.3 Å². The van der Waals surface area contributed by atoms with Crippen LogP contribution in [0.25, 0.3) is 0 Å². The molecule has 0 aromatic heterocycles. The van der Waals surface area contributed by atoms with Gasteiger partial charge in [-0.15, -0.1) is 0 Å². The molecule has 1 N–H and O–H groups in total. The molecule has 21 heavy (non-hydrogen) atoms. The molecule has 0 saturated carbocycles. The Balaban J connectivity index is 2.28. The molecule has 2 rings (SSSR count). The van der Waals surface area contributed by atoms with Crippen LogP contribution in [-0.2, 0) is 12.7 Å². The fourth-order valence-electron chi connectivity index (χ4n) is 1.82. The van der Waals surface area contributed by atoms with E-state index in [0.29, 0.717) is 18.4 Å². The highest BCUT2D eigenvalue weighted by atomic mass is 19.4. The Kier molecular flexibility index (Phi) is 4.47. The molecule has 2 aromatic carbocycles. The number of alkyl halides is 3. The molecule has 0 aliphatic rings. The number of halogens is 4. The molecule has 112 valence electrons. The van der Waals surface area contributed by atoms with Crippen LogP contribution in [0.4, 0.5) is 17.6 Å². The van der Waals surface area contributed by atoms with Crippen molar-refractivity contribution in [2.45, 2.75) is 12.7 Å². The molecular formula is C15H13F4NO. The maximum absolute atomic E-state index is 13.7. The molecule has 0 spiro atoms. The first-order chi connectivity index (χ1) is 9.91. The molecule has 0 radical (unpaired) electrons. The average molecular weight is 299 g/mol. The predicted octanol–water partition coefficient (Wildman–Crippen LogP) is 4.36. The van der Waals surface area contributed by atoms with Crippen LogP contribution in [0.5, 0.6) is 11.5 Å². The molecule has 2 aromatic rings. The third-order valence-corrected chi connectivity index (χ3v) is 2.82. The molecular weight excluding hydrogens is 286 g/mol. The molecule has 6 heteroatoms. The van der Waals surface area contributed by atoms with E-state index in [4.69, 9.17) is 4.74 Å². The van der Waals surface area contributed by atoms with Gasteiger partial charge in [-0.25, -0.2) is 4.39 Å². The van der Waals surface area contributed by atoms with Crippen molar-refractivity contribution in [1.82, 2.24) is 5.32 Å². The lowest BCUT2D eigenvalue weighted by molar-refractivity contribution is -0.137. The smallest absolute Gasteiger partial charge is 0.416 e. The van der Waals surface area contributed by atoms with Gasteiger partial charge >= 0.3 is 6.18 Å². The average Bonchev–Trinajstić information content (AvgIpc) is 2.42. The maximum atomic E-state index is 13.7. The SMILES string of the molecule is CNCc1ccccc1Oc1ccc(C(F)(F)F)cc1F. The van der Waals surface area contributed by atoms with E-state index >= 15 is 0 Å². The van der Waals surface area contributed by atoms with E-state index in [-0.39, 0.29) is 5.75 Å². The van der Waals surface area contributed by atoms with Crippen LogP contribution in [0.1, 0.15) is 11.1 Å². The van der Waals surface area contributed by atoms with Crippen molar-refractivity contribution in [3.05, 3.63) is 59.4 Å². The number of rotatable bonds is 4. The van der Waals surface area contributed by atoms with Gasteiger partial charge in [0.05, 0.1) is 5.56 Å².